The summed E-state index contributed by atoms with van der Waals surface area (Å²) in [5.41, 5.74) is 0.459. The number of unbranched alkanes of at least 4 members (excludes halogenated alkanes) is 8. The molecule has 0 aliphatic heterocycles. The van der Waals surface area contributed by atoms with Gasteiger partial charge in [-0.3, -0.25) is 13.9 Å². The molecule has 1 aliphatic rings. The minimum absolute atomic E-state index is 0.226. The fraction of sp³-hybridized carbons (Fsp3) is 0.800. The summed E-state index contributed by atoms with van der Waals surface area (Å²) >= 11 is 0. The van der Waals surface area contributed by atoms with Crippen molar-refractivity contribution in [3.8, 4) is 0 Å². The Kier molecular flexibility index (Phi) is 10.0. The Labute approximate surface area is 192 Å². The molecule has 0 unspecified atom stereocenters. The van der Waals surface area contributed by atoms with Crippen LogP contribution in [-0.2, 0) is 20.6 Å². The third kappa shape index (κ3) is 6.80. The van der Waals surface area contributed by atoms with Gasteiger partial charge in [0.2, 0.25) is 0 Å². The topological polar surface area (TPSA) is 73.8 Å². The van der Waals surface area contributed by atoms with Gasteiger partial charge in [0.05, 0.1) is 6.33 Å². The molecule has 2 aromatic heterocycles. The molecule has 0 amide bonds. The van der Waals surface area contributed by atoms with Crippen molar-refractivity contribution in [3.05, 3.63) is 27.2 Å². The zero-order valence-corrected chi connectivity index (χ0v) is 20.3. The highest BCUT2D eigenvalue weighted by atomic mass is 16.2. The van der Waals surface area contributed by atoms with Gasteiger partial charge in [-0.2, -0.15) is 0 Å². The monoisotopic (exact) mass is 445 g/mol. The SMILES string of the molecule is Cn1cnc2c1c(=O)n(CCCCCCCCCCCNCC1CCCCC1)c(=O)n2C. The number of nitrogens with zero attached hydrogens (tertiary/aromatic N) is 4. The van der Waals surface area contributed by atoms with E-state index >= 15 is 0 Å². The molecule has 0 aromatic carbocycles. The predicted molar refractivity (Wildman–Crippen MR) is 131 cm³/mol. The molecular weight excluding hydrogens is 402 g/mol. The molecule has 7 heteroatoms. The Morgan fingerprint density at radius 1 is 0.906 bits per heavy atom. The zero-order valence-electron chi connectivity index (χ0n) is 20.3. The van der Waals surface area contributed by atoms with Gasteiger partial charge in [-0.15, -0.1) is 0 Å². The number of hydrogen-bond acceptors (Lipinski definition) is 4. The van der Waals surface area contributed by atoms with Gasteiger partial charge in [0.15, 0.2) is 11.2 Å². The molecule has 1 fully saturated rings. The predicted octanol–water partition coefficient (Wildman–Crippen LogP) is 4.11. The van der Waals surface area contributed by atoms with Gasteiger partial charge in [-0.1, -0.05) is 64.2 Å². The number of aryl methyl sites for hydroxylation is 2. The molecule has 2 aromatic rings. The maximum atomic E-state index is 12.7. The first kappa shape index (κ1) is 24.7. The van der Waals surface area contributed by atoms with Gasteiger partial charge in [0.25, 0.3) is 5.56 Å². The average molecular weight is 446 g/mol. The molecule has 7 nitrogen and oxygen atoms in total. The van der Waals surface area contributed by atoms with Crippen LogP contribution in [0.2, 0.25) is 0 Å². The van der Waals surface area contributed by atoms with E-state index in [1.165, 1.54) is 99.3 Å². The van der Waals surface area contributed by atoms with Crippen LogP contribution in [0.5, 0.6) is 0 Å². The van der Waals surface area contributed by atoms with Crippen LogP contribution in [0.15, 0.2) is 15.9 Å². The third-order valence-electron chi connectivity index (χ3n) is 7.09. The van der Waals surface area contributed by atoms with E-state index in [4.69, 9.17) is 0 Å². The Balaban J connectivity index is 1.21. The molecule has 0 bridgehead atoms. The Morgan fingerprint density at radius 2 is 1.53 bits per heavy atom. The van der Waals surface area contributed by atoms with E-state index in [0.717, 1.165) is 18.8 Å². The van der Waals surface area contributed by atoms with Crippen molar-refractivity contribution in [2.24, 2.45) is 20.0 Å². The lowest BCUT2D eigenvalue weighted by Crippen LogP contribution is -2.39. The van der Waals surface area contributed by atoms with Crippen LogP contribution in [0.4, 0.5) is 0 Å². The highest BCUT2D eigenvalue weighted by molar-refractivity contribution is 5.69. The molecule has 2 heterocycles. The minimum Gasteiger partial charge on any atom is -0.328 e. The Bertz CT molecular complexity index is 936. The van der Waals surface area contributed by atoms with E-state index in [2.05, 4.69) is 10.3 Å². The van der Waals surface area contributed by atoms with E-state index in [-0.39, 0.29) is 11.2 Å². The molecule has 32 heavy (non-hydrogen) atoms. The van der Waals surface area contributed by atoms with Gasteiger partial charge >= 0.3 is 5.69 Å². The molecule has 180 valence electrons. The number of hydrogen-bond donors (Lipinski definition) is 1. The van der Waals surface area contributed by atoms with E-state index in [0.29, 0.717) is 17.7 Å². The summed E-state index contributed by atoms with van der Waals surface area (Å²) in [6, 6.07) is 0. The number of rotatable bonds is 14. The van der Waals surface area contributed by atoms with Crippen LogP contribution in [0.25, 0.3) is 11.2 Å². The van der Waals surface area contributed by atoms with Crippen LogP contribution in [0.1, 0.15) is 89.9 Å². The summed E-state index contributed by atoms with van der Waals surface area (Å²) in [4.78, 5) is 29.4. The first-order chi connectivity index (χ1) is 15.6. The molecule has 1 aliphatic carbocycles. The van der Waals surface area contributed by atoms with Gasteiger partial charge in [-0.25, -0.2) is 9.78 Å². The van der Waals surface area contributed by atoms with E-state index in [9.17, 15) is 9.59 Å². The standard InChI is InChI=1S/C25H43N5O2/c1-28-20-27-23-22(28)24(31)30(25(32)29(23)2)18-14-9-7-5-3-4-6-8-13-17-26-19-21-15-11-10-12-16-21/h20-21,26H,3-19H2,1-2H3. The molecule has 1 N–H and O–H groups in total. The average Bonchev–Trinajstić information content (AvgIpc) is 3.19. The molecule has 1 saturated carbocycles. The Hall–Kier alpha value is -1.89. The van der Waals surface area contributed by atoms with Gasteiger partial charge in [0, 0.05) is 20.6 Å². The highest BCUT2D eigenvalue weighted by Crippen LogP contribution is 2.22. The van der Waals surface area contributed by atoms with Crippen molar-refractivity contribution in [3.63, 3.8) is 0 Å². The molecule has 0 saturated heterocycles. The number of nitrogens with one attached hydrogen (secondary N) is 1. The summed E-state index contributed by atoms with van der Waals surface area (Å²) in [5.74, 6) is 0.934. The fourth-order valence-corrected chi connectivity index (χ4v) is 5.05. The van der Waals surface area contributed by atoms with Crippen molar-refractivity contribution in [2.75, 3.05) is 13.1 Å². The van der Waals surface area contributed by atoms with Crippen molar-refractivity contribution < 1.29 is 0 Å². The van der Waals surface area contributed by atoms with Crippen molar-refractivity contribution in [2.45, 2.75) is 96.4 Å². The van der Waals surface area contributed by atoms with Gasteiger partial charge in [0.1, 0.15) is 0 Å². The van der Waals surface area contributed by atoms with E-state index < -0.39 is 0 Å². The van der Waals surface area contributed by atoms with Crippen molar-refractivity contribution >= 4 is 11.2 Å². The molecular formula is C25H43N5O2. The summed E-state index contributed by atoms with van der Waals surface area (Å²) in [5, 5.41) is 3.66. The smallest absolute Gasteiger partial charge is 0.328 e. The second-order valence-electron chi connectivity index (χ2n) is 9.72. The van der Waals surface area contributed by atoms with E-state index in [1.807, 2.05) is 0 Å². The normalized spacial score (nSPS) is 15.1. The fourth-order valence-electron chi connectivity index (χ4n) is 5.05. The first-order valence-electron chi connectivity index (χ1n) is 12.9. The number of aromatic nitrogens is 4. The minimum atomic E-state index is -0.269. The van der Waals surface area contributed by atoms with Crippen LogP contribution in [-0.4, -0.2) is 31.8 Å². The zero-order chi connectivity index (χ0) is 22.8. The first-order valence-corrected chi connectivity index (χ1v) is 12.9. The largest absolute Gasteiger partial charge is 0.332 e. The quantitative estimate of drug-likeness (QED) is 0.444. The van der Waals surface area contributed by atoms with Crippen LogP contribution in [0, 0.1) is 5.92 Å². The number of imidazole rings is 1. The second-order valence-corrected chi connectivity index (χ2v) is 9.72. The van der Waals surface area contributed by atoms with Crippen molar-refractivity contribution in [1.82, 2.24) is 24.0 Å². The maximum Gasteiger partial charge on any atom is 0.332 e. The third-order valence-corrected chi connectivity index (χ3v) is 7.09. The lowest BCUT2D eigenvalue weighted by molar-refractivity contribution is 0.341. The summed E-state index contributed by atoms with van der Waals surface area (Å²) in [6.07, 6.45) is 19.7. The van der Waals surface area contributed by atoms with Crippen molar-refractivity contribution in [1.29, 1.82) is 0 Å². The molecule has 0 radical (unpaired) electrons. The second kappa shape index (κ2) is 13.0. The summed E-state index contributed by atoms with van der Waals surface area (Å²) in [7, 11) is 3.47. The number of fused-ring (bicyclic) bond motifs is 1. The van der Waals surface area contributed by atoms with Crippen LogP contribution < -0.4 is 16.6 Å². The van der Waals surface area contributed by atoms with Gasteiger partial charge in [-0.05, 0) is 44.7 Å². The molecule has 3 rings (SSSR count). The molecule has 0 spiro atoms. The van der Waals surface area contributed by atoms with Crippen LogP contribution in [0.3, 0.4) is 0 Å². The summed E-state index contributed by atoms with van der Waals surface area (Å²) < 4.78 is 4.54. The van der Waals surface area contributed by atoms with E-state index in [1.54, 1.807) is 25.0 Å². The lowest BCUT2D eigenvalue weighted by atomic mass is 9.89. The lowest BCUT2D eigenvalue weighted by Gasteiger charge is -2.21. The van der Waals surface area contributed by atoms with Crippen LogP contribution >= 0.6 is 0 Å². The summed E-state index contributed by atoms with van der Waals surface area (Å²) in [6.45, 7) is 2.90. The highest BCUT2D eigenvalue weighted by Gasteiger charge is 2.14. The maximum absolute atomic E-state index is 12.7. The molecule has 0 atom stereocenters. The van der Waals surface area contributed by atoms with Gasteiger partial charge < -0.3 is 9.88 Å². The Morgan fingerprint density at radius 3 is 2.22 bits per heavy atom.